The lowest BCUT2D eigenvalue weighted by atomic mass is 9.85. The van der Waals surface area contributed by atoms with Gasteiger partial charge in [0, 0.05) is 69.8 Å². The zero-order valence-electron chi connectivity index (χ0n) is 44.8. The number of fused-ring (bicyclic) bond motifs is 3. The molecule has 6 rings (SSSR count). The Labute approximate surface area is 441 Å². The Morgan fingerprint density at radius 2 is 0.853 bits per heavy atom. The molecule has 0 amide bonds. The fourth-order valence-corrected chi connectivity index (χ4v) is 5.90. The Bertz CT molecular complexity index is 2360. The Hall–Kier alpha value is -7.12. The summed E-state index contributed by atoms with van der Waals surface area (Å²) in [5, 5.41) is 61.8. The maximum absolute atomic E-state index is 10.7. The first-order valence-electron chi connectivity index (χ1n) is 24.5. The summed E-state index contributed by atoms with van der Waals surface area (Å²) >= 11 is 0. The van der Waals surface area contributed by atoms with Crippen LogP contribution in [-0.4, -0.2) is 106 Å². The van der Waals surface area contributed by atoms with Gasteiger partial charge in [0.15, 0.2) is 16.6 Å². The van der Waals surface area contributed by atoms with Crippen molar-refractivity contribution in [1.29, 1.82) is 0 Å². The predicted octanol–water partition coefficient (Wildman–Crippen LogP) is 12.9. The number of aromatic nitrogens is 6. The van der Waals surface area contributed by atoms with E-state index in [2.05, 4.69) is 130 Å². The molecule has 0 spiro atoms. The van der Waals surface area contributed by atoms with Crippen LogP contribution in [0.5, 0.6) is 0 Å². The number of ether oxygens (including phenoxy) is 3. The Morgan fingerprint density at radius 3 is 1.13 bits per heavy atom. The van der Waals surface area contributed by atoms with Gasteiger partial charge in [-0.1, -0.05) is 109 Å². The lowest BCUT2D eigenvalue weighted by Crippen LogP contribution is -2.39. The van der Waals surface area contributed by atoms with Gasteiger partial charge in [-0.3, -0.25) is 30.3 Å². The summed E-state index contributed by atoms with van der Waals surface area (Å²) in [6.07, 6.45) is 8.64. The van der Waals surface area contributed by atoms with E-state index in [1.807, 2.05) is 6.92 Å². The summed E-state index contributed by atoms with van der Waals surface area (Å²) in [5.74, 6) is 0. The van der Waals surface area contributed by atoms with E-state index in [-0.39, 0.29) is 53.9 Å². The second kappa shape index (κ2) is 42.3. The van der Waals surface area contributed by atoms with E-state index in [4.69, 9.17) is 19.9 Å². The smallest absolute Gasteiger partial charge is 0.300 e. The van der Waals surface area contributed by atoms with Crippen LogP contribution >= 0.6 is 0 Å². The summed E-state index contributed by atoms with van der Waals surface area (Å²) in [4.78, 5) is 30.3. The number of anilines is 3. The fourth-order valence-electron chi connectivity index (χ4n) is 5.90. The van der Waals surface area contributed by atoms with Gasteiger partial charge in [-0.05, 0) is 81.7 Å². The van der Waals surface area contributed by atoms with Crippen molar-refractivity contribution in [1.82, 2.24) is 30.9 Å². The maximum Gasteiger partial charge on any atom is 0.300 e. The molecule has 5 N–H and O–H groups in total. The van der Waals surface area contributed by atoms with Crippen LogP contribution in [0.3, 0.4) is 0 Å². The number of nitrogens with two attached hydrogens (primary N) is 1. The van der Waals surface area contributed by atoms with Gasteiger partial charge < -0.3 is 35.9 Å². The third kappa shape index (κ3) is 25.6. The summed E-state index contributed by atoms with van der Waals surface area (Å²) in [6.45, 7) is 29.7. The molecule has 3 aromatic heterocycles. The molecule has 6 aromatic rings. The number of non-ortho nitro benzene ring substituents is 3. The van der Waals surface area contributed by atoms with Crippen molar-refractivity contribution in [2.45, 2.75) is 135 Å². The van der Waals surface area contributed by atoms with Crippen LogP contribution in [0.1, 0.15) is 135 Å². The van der Waals surface area contributed by atoms with E-state index >= 15 is 0 Å². The second-order valence-electron chi connectivity index (χ2n) is 16.1. The number of allylic oxidation sites excluding steroid dienone is 1. The molecule has 0 fully saturated rings. The standard InChI is InChI=1S/C17H35NO3.C8H8N4O3.2C7H6N4O3.3C3H8.2CH4/c1-5-8-11-21-15-17(12-16(4)18,13-19-9-6-2)14-20-10-7-3;1-2-9-5-3-4-6(12(13)14)8-7(5)10-15-11-8;2*1-8-4-2-3-5(11(12)13)7-6(4)9-14-10-7;3*1-3-2;;/h4-15,18H2,1-3H3;3-4,9H,2H2,1H3;2*2-3,8H,1H3;3*3H2,1-2H3;2*1H4. The highest BCUT2D eigenvalue weighted by atomic mass is 16.6. The van der Waals surface area contributed by atoms with E-state index in [1.165, 1.54) is 37.5 Å². The maximum atomic E-state index is 10.7. The second-order valence-corrected chi connectivity index (χ2v) is 16.1. The normalized spacial score (nSPS) is 9.97. The first-order chi connectivity index (χ1) is 35.1. The first-order valence-corrected chi connectivity index (χ1v) is 24.5. The minimum atomic E-state index is -0.522. The van der Waals surface area contributed by atoms with Gasteiger partial charge in [-0.25, -0.2) is 13.9 Å². The first kappa shape index (κ1) is 72.1. The van der Waals surface area contributed by atoms with E-state index in [9.17, 15) is 30.3 Å². The lowest BCUT2D eigenvalue weighted by Gasteiger charge is -2.33. The molecule has 0 aliphatic rings. The van der Waals surface area contributed by atoms with Gasteiger partial charge >= 0.3 is 17.1 Å². The van der Waals surface area contributed by atoms with Crippen molar-refractivity contribution in [2.75, 3.05) is 76.2 Å². The number of hydrogen-bond donors (Lipinski definition) is 4. The summed E-state index contributed by atoms with van der Waals surface area (Å²) < 4.78 is 30.8. The van der Waals surface area contributed by atoms with E-state index < -0.39 is 14.8 Å². The highest BCUT2D eigenvalue weighted by Gasteiger charge is 2.32. The molecule has 25 heteroatoms. The highest BCUT2D eigenvalue weighted by molar-refractivity contribution is 5.94. The van der Waals surface area contributed by atoms with Crippen LogP contribution in [0.2, 0.25) is 0 Å². The fraction of sp³-hybridized carbons (Fsp3) is 0.600. The van der Waals surface area contributed by atoms with Crippen LogP contribution in [0, 0.1) is 35.8 Å². The molecule has 0 saturated heterocycles. The van der Waals surface area contributed by atoms with Gasteiger partial charge in [0.05, 0.1) is 51.7 Å². The van der Waals surface area contributed by atoms with Crippen LogP contribution in [0.15, 0.2) is 62.6 Å². The molecule has 0 aliphatic heterocycles. The molecular formula is C50H87N13O12. The van der Waals surface area contributed by atoms with Crippen molar-refractivity contribution in [2.24, 2.45) is 11.1 Å². The molecule has 0 bridgehead atoms. The third-order valence-electron chi connectivity index (χ3n) is 8.84. The average Bonchev–Trinajstić information content (AvgIpc) is 4.17. The number of nitrogens with zero attached hydrogens (tertiary/aromatic N) is 9. The molecule has 25 nitrogen and oxygen atoms in total. The molecule has 3 aromatic carbocycles. The highest BCUT2D eigenvalue weighted by Crippen LogP contribution is 2.31. The summed E-state index contributed by atoms with van der Waals surface area (Å²) in [7, 11) is 3.38. The third-order valence-corrected chi connectivity index (χ3v) is 8.84. The molecule has 0 atom stereocenters. The van der Waals surface area contributed by atoms with Crippen molar-refractivity contribution in [3.8, 4) is 0 Å². The molecule has 0 unspecified atom stereocenters. The zero-order chi connectivity index (χ0) is 55.2. The molecule has 75 heavy (non-hydrogen) atoms. The zero-order valence-corrected chi connectivity index (χ0v) is 44.8. The minimum Gasteiger partial charge on any atom is -0.402 e. The summed E-state index contributed by atoms with van der Waals surface area (Å²) in [5.41, 5.74) is 9.52. The van der Waals surface area contributed by atoms with Gasteiger partial charge in [-0.15, -0.1) is 0 Å². The molecule has 424 valence electrons. The van der Waals surface area contributed by atoms with E-state index in [1.54, 1.807) is 32.3 Å². The number of benzene rings is 3. The van der Waals surface area contributed by atoms with Gasteiger partial charge in [0.25, 0.3) is 0 Å². The topological polar surface area (TPSA) is 336 Å². The molecule has 0 saturated carbocycles. The number of rotatable bonds is 22. The Balaban J connectivity index is -0.000000873. The lowest BCUT2D eigenvalue weighted by molar-refractivity contribution is -0.383. The van der Waals surface area contributed by atoms with Gasteiger partial charge in [0.1, 0.15) is 0 Å². The van der Waals surface area contributed by atoms with Gasteiger partial charge in [0.2, 0.25) is 16.6 Å². The van der Waals surface area contributed by atoms with Gasteiger partial charge in [-0.2, -0.15) is 0 Å². The van der Waals surface area contributed by atoms with Crippen LogP contribution in [-0.2, 0) is 14.2 Å². The number of nitro groups is 3. The molecular weight excluding hydrogens is 975 g/mol. The SMILES string of the molecule is C.C.C=C(N)CC(COCCC)(COCCC)COCCCC.CCC.CCC.CCC.CCNc1ccc([N+](=O)[O-])c2nonc12.CNc1ccc([N+](=O)[O-])c2nonc12.CNc1ccc([N+](=O)[O-])c2nonc12. The predicted molar refractivity (Wildman–Crippen MR) is 298 cm³/mol. The Morgan fingerprint density at radius 1 is 0.547 bits per heavy atom. The number of nitro benzene ring substituents is 3. The van der Waals surface area contributed by atoms with Crippen molar-refractivity contribution >= 4 is 67.2 Å². The number of hydrogen-bond acceptors (Lipinski definition) is 22. The number of unbranched alkanes of at least 4 members (excludes halogenated alkanes) is 1. The minimum absolute atomic E-state index is 0. The Kier molecular flexibility index (Phi) is 40.6. The van der Waals surface area contributed by atoms with Crippen LogP contribution in [0.25, 0.3) is 33.1 Å². The monoisotopic (exact) mass is 1060 g/mol. The quantitative estimate of drug-likeness (QED) is 0.0279. The van der Waals surface area contributed by atoms with E-state index in [0.717, 1.165) is 45.5 Å². The van der Waals surface area contributed by atoms with Crippen molar-refractivity contribution < 1.29 is 42.9 Å². The van der Waals surface area contributed by atoms with Crippen LogP contribution < -0.4 is 21.7 Å². The van der Waals surface area contributed by atoms with Crippen molar-refractivity contribution in [3.63, 3.8) is 0 Å². The average molecular weight is 1060 g/mol. The summed E-state index contributed by atoms with van der Waals surface area (Å²) in [6, 6.07) is 8.81. The largest absolute Gasteiger partial charge is 0.402 e. The van der Waals surface area contributed by atoms with E-state index in [0.29, 0.717) is 72.1 Å². The molecule has 0 radical (unpaired) electrons. The van der Waals surface area contributed by atoms with Crippen molar-refractivity contribution in [3.05, 3.63) is 79.0 Å². The molecule has 0 aliphatic carbocycles. The molecule has 3 heterocycles. The van der Waals surface area contributed by atoms with Crippen LogP contribution in [0.4, 0.5) is 34.1 Å². The number of nitrogens with one attached hydrogen (secondary N) is 3.